The summed E-state index contributed by atoms with van der Waals surface area (Å²) in [5.74, 6) is 0.683. The molecule has 1 atom stereocenters. The molecular formula is C30H31N3O6S. The number of para-hydroxylation sites is 1. The second-order valence-electron chi connectivity index (χ2n) is 9.15. The standard InChI is InChI=1S/C30H31N3O6S/c1-7-32-16-19(20-11-9-10-12-21(20)32)15-24-28(34)33-26(18-13-22(36-4)27(38-6)23(14-18)37-5)25(29(35)39-8-2)17(3)31-30(33)40-24/h9-16,26H,7-8H2,1-6H3/b24-15-/t26-/m1/s1. The quantitative estimate of drug-likeness (QED) is 0.304. The van der Waals surface area contributed by atoms with E-state index in [1.807, 2.05) is 24.3 Å². The second kappa shape index (κ2) is 11.1. The van der Waals surface area contributed by atoms with Crippen molar-refractivity contribution in [1.82, 2.24) is 9.13 Å². The molecule has 3 heterocycles. The summed E-state index contributed by atoms with van der Waals surface area (Å²) in [6, 6.07) is 10.8. The number of benzene rings is 2. The Balaban J connectivity index is 1.78. The van der Waals surface area contributed by atoms with E-state index in [4.69, 9.17) is 18.9 Å². The molecule has 9 nitrogen and oxygen atoms in total. The maximum atomic E-state index is 14.1. The third-order valence-electron chi connectivity index (χ3n) is 6.97. The smallest absolute Gasteiger partial charge is 0.338 e. The van der Waals surface area contributed by atoms with E-state index >= 15 is 0 Å². The predicted molar refractivity (Wildman–Crippen MR) is 154 cm³/mol. The molecule has 2 aromatic carbocycles. The molecule has 0 saturated heterocycles. The molecule has 0 radical (unpaired) electrons. The number of carbonyl (C=O) groups excluding carboxylic acids is 1. The molecule has 2 aromatic heterocycles. The number of aryl methyl sites for hydroxylation is 1. The summed E-state index contributed by atoms with van der Waals surface area (Å²) in [6.45, 7) is 6.57. The first-order valence-corrected chi connectivity index (χ1v) is 13.8. The number of esters is 1. The van der Waals surface area contributed by atoms with Crippen LogP contribution in [-0.2, 0) is 16.1 Å². The Morgan fingerprint density at radius 2 is 1.77 bits per heavy atom. The number of carbonyl (C=O) groups is 1. The second-order valence-corrected chi connectivity index (χ2v) is 10.2. The van der Waals surface area contributed by atoms with Crippen LogP contribution in [0.5, 0.6) is 17.2 Å². The van der Waals surface area contributed by atoms with E-state index in [-0.39, 0.29) is 17.7 Å². The molecule has 0 N–H and O–H groups in total. The lowest BCUT2D eigenvalue weighted by molar-refractivity contribution is -0.139. The van der Waals surface area contributed by atoms with E-state index in [1.54, 1.807) is 30.5 Å². The third-order valence-corrected chi connectivity index (χ3v) is 7.95. The van der Waals surface area contributed by atoms with Gasteiger partial charge in [0.1, 0.15) is 0 Å². The van der Waals surface area contributed by atoms with Crippen LogP contribution in [0.2, 0.25) is 0 Å². The van der Waals surface area contributed by atoms with Crippen LogP contribution in [0.4, 0.5) is 0 Å². The molecular weight excluding hydrogens is 530 g/mol. The fourth-order valence-corrected chi connectivity index (χ4v) is 6.20. The topological polar surface area (TPSA) is 93.3 Å². The average Bonchev–Trinajstić information content (AvgIpc) is 3.47. The molecule has 0 saturated carbocycles. The van der Waals surface area contributed by atoms with Crippen molar-refractivity contribution >= 4 is 34.3 Å². The highest BCUT2D eigenvalue weighted by atomic mass is 32.1. The van der Waals surface area contributed by atoms with E-state index in [9.17, 15) is 9.59 Å². The van der Waals surface area contributed by atoms with Gasteiger partial charge in [-0.25, -0.2) is 9.79 Å². The Kier molecular flexibility index (Phi) is 7.53. The van der Waals surface area contributed by atoms with Crippen molar-refractivity contribution in [2.24, 2.45) is 4.99 Å². The van der Waals surface area contributed by atoms with E-state index in [0.717, 1.165) is 23.0 Å². The molecule has 0 spiro atoms. The highest BCUT2D eigenvalue weighted by molar-refractivity contribution is 7.07. The van der Waals surface area contributed by atoms with Crippen LogP contribution in [0.25, 0.3) is 17.0 Å². The number of hydrogen-bond donors (Lipinski definition) is 0. The van der Waals surface area contributed by atoms with Gasteiger partial charge in [-0.2, -0.15) is 0 Å². The zero-order chi connectivity index (χ0) is 28.6. The van der Waals surface area contributed by atoms with Gasteiger partial charge in [-0.1, -0.05) is 29.5 Å². The zero-order valence-corrected chi connectivity index (χ0v) is 24.1. The first kappa shape index (κ1) is 27.3. The predicted octanol–water partition coefficient (Wildman–Crippen LogP) is 3.80. The fraction of sp³-hybridized carbons (Fsp3) is 0.300. The van der Waals surface area contributed by atoms with Crippen LogP contribution in [-0.4, -0.2) is 43.0 Å². The minimum Gasteiger partial charge on any atom is -0.493 e. The van der Waals surface area contributed by atoms with E-state index in [1.165, 1.54) is 32.7 Å². The Morgan fingerprint density at radius 1 is 1.07 bits per heavy atom. The lowest BCUT2D eigenvalue weighted by atomic mass is 9.95. The average molecular weight is 562 g/mol. The summed E-state index contributed by atoms with van der Waals surface area (Å²) in [5.41, 5.74) is 3.13. The molecule has 0 fully saturated rings. The molecule has 0 unspecified atom stereocenters. The van der Waals surface area contributed by atoms with Gasteiger partial charge in [0.2, 0.25) is 5.75 Å². The first-order chi connectivity index (χ1) is 19.4. The molecule has 0 bridgehead atoms. The highest BCUT2D eigenvalue weighted by Crippen LogP contribution is 2.42. The zero-order valence-electron chi connectivity index (χ0n) is 23.3. The van der Waals surface area contributed by atoms with Crippen molar-refractivity contribution in [1.29, 1.82) is 0 Å². The molecule has 10 heteroatoms. The van der Waals surface area contributed by atoms with Gasteiger partial charge in [0.05, 0.1) is 49.8 Å². The summed E-state index contributed by atoms with van der Waals surface area (Å²) < 4.78 is 26.3. The maximum absolute atomic E-state index is 14.1. The number of thiazole rings is 1. The van der Waals surface area contributed by atoms with Gasteiger partial charge in [-0.3, -0.25) is 9.36 Å². The molecule has 1 aliphatic heterocycles. The van der Waals surface area contributed by atoms with Crippen molar-refractivity contribution in [3.63, 3.8) is 0 Å². The molecule has 0 amide bonds. The lowest BCUT2D eigenvalue weighted by Gasteiger charge is -2.26. The van der Waals surface area contributed by atoms with Crippen LogP contribution in [0.15, 0.2) is 63.7 Å². The summed E-state index contributed by atoms with van der Waals surface area (Å²) in [7, 11) is 4.56. The van der Waals surface area contributed by atoms with Gasteiger partial charge in [-0.05, 0) is 50.6 Å². The van der Waals surface area contributed by atoms with Crippen molar-refractivity contribution in [3.8, 4) is 17.2 Å². The lowest BCUT2D eigenvalue weighted by Crippen LogP contribution is -2.40. The van der Waals surface area contributed by atoms with E-state index in [0.29, 0.717) is 37.8 Å². The van der Waals surface area contributed by atoms with Gasteiger partial charge in [-0.15, -0.1) is 0 Å². The largest absolute Gasteiger partial charge is 0.493 e. The number of ether oxygens (including phenoxy) is 4. The molecule has 40 heavy (non-hydrogen) atoms. The monoisotopic (exact) mass is 561 g/mol. The number of methoxy groups -OCH3 is 3. The van der Waals surface area contributed by atoms with Crippen LogP contribution in [0.3, 0.4) is 0 Å². The van der Waals surface area contributed by atoms with Crippen LogP contribution in [0, 0.1) is 0 Å². The van der Waals surface area contributed by atoms with Crippen molar-refractivity contribution in [2.75, 3.05) is 27.9 Å². The molecule has 0 aliphatic carbocycles. The molecule has 1 aliphatic rings. The number of allylic oxidation sites excluding steroid dienone is 1. The van der Waals surface area contributed by atoms with Crippen molar-refractivity contribution in [3.05, 3.63) is 84.7 Å². The summed E-state index contributed by atoms with van der Waals surface area (Å²) in [5, 5.41) is 1.06. The number of rotatable bonds is 8. The number of fused-ring (bicyclic) bond motifs is 2. The highest BCUT2D eigenvalue weighted by Gasteiger charge is 2.34. The summed E-state index contributed by atoms with van der Waals surface area (Å²) in [6.07, 6.45) is 3.95. The van der Waals surface area contributed by atoms with Crippen molar-refractivity contribution in [2.45, 2.75) is 33.4 Å². The Hall–Kier alpha value is -4.31. The number of nitrogens with zero attached hydrogens (tertiary/aromatic N) is 3. The Bertz CT molecular complexity index is 1800. The van der Waals surface area contributed by atoms with Crippen LogP contribution >= 0.6 is 11.3 Å². The fourth-order valence-electron chi connectivity index (χ4n) is 5.16. The third kappa shape index (κ3) is 4.48. The van der Waals surface area contributed by atoms with Gasteiger partial charge in [0, 0.05) is 29.2 Å². The maximum Gasteiger partial charge on any atom is 0.338 e. The summed E-state index contributed by atoms with van der Waals surface area (Å²) >= 11 is 1.28. The minimum absolute atomic E-state index is 0.184. The minimum atomic E-state index is -0.817. The number of aromatic nitrogens is 2. The van der Waals surface area contributed by atoms with Gasteiger partial charge < -0.3 is 23.5 Å². The van der Waals surface area contributed by atoms with E-state index < -0.39 is 12.0 Å². The Morgan fingerprint density at radius 3 is 2.40 bits per heavy atom. The van der Waals surface area contributed by atoms with Gasteiger partial charge in [0.25, 0.3) is 5.56 Å². The van der Waals surface area contributed by atoms with Crippen LogP contribution < -0.4 is 29.1 Å². The molecule has 5 rings (SSSR count). The van der Waals surface area contributed by atoms with E-state index in [2.05, 4.69) is 28.7 Å². The number of hydrogen-bond acceptors (Lipinski definition) is 8. The first-order valence-electron chi connectivity index (χ1n) is 12.9. The molecule has 208 valence electrons. The molecule has 4 aromatic rings. The van der Waals surface area contributed by atoms with Crippen LogP contribution in [0.1, 0.15) is 37.9 Å². The summed E-state index contributed by atoms with van der Waals surface area (Å²) in [4.78, 5) is 32.5. The normalized spacial score (nSPS) is 15.2. The van der Waals surface area contributed by atoms with Gasteiger partial charge in [0.15, 0.2) is 16.3 Å². The Labute approximate surface area is 235 Å². The van der Waals surface area contributed by atoms with Gasteiger partial charge >= 0.3 is 5.97 Å². The van der Waals surface area contributed by atoms with Crippen molar-refractivity contribution < 1.29 is 23.7 Å². The SMILES string of the molecule is CCOC(=O)C1=C(C)N=c2s/c(=C\c3cn(CC)c4ccccc34)c(=O)n2[C@@H]1c1cc(OC)c(OC)c(OC)c1.